The molecule has 0 amide bonds. The standard InChI is InChI=1S/C18H20O2/c1-2-17(16-11-7-4-8-12-16)20-18(19)14-13-15-9-5-3-6-10-15/h3-12,17H,2,13-14H2,1H3/t17-/m0/s1. The third kappa shape index (κ3) is 4.23. The molecule has 2 nitrogen and oxygen atoms in total. The number of carbonyl (C=O) groups excluding carboxylic acids is 1. The summed E-state index contributed by atoms with van der Waals surface area (Å²) in [6.45, 7) is 2.03. The molecule has 0 saturated carbocycles. The van der Waals surface area contributed by atoms with Gasteiger partial charge in [-0.15, -0.1) is 0 Å². The van der Waals surface area contributed by atoms with Crippen molar-refractivity contribution in [2.24, 2.45) is 0 Å². The van der Waals surface area contributed by atoms with Crippen molar-refractivity contribution in [1.29, 1.82) is 0 Å². The third-order valence-electron chi connectivity index (χ3n) is 3.28. The molecule has 0 unspecified atom stereocenters. The minimum Gasteiger partial charge on any atom is -0.457 e. The van der Waals surface area contributed by atoms with Gasteiger partial charge in [0, 0.05) is 6.42 Å². The van der Waals surface area contributed by atoms with Crippen LogP contribution in [-0.2, 0) is 16.0 Å². The molecule has 2 aromatic rings. The average Bonchev–Trinajstić information content (AvgIpc) is 2.52. The highest BCUT2D eigenvalue weighted by atomic mass is 16.5. The highest BCUT2D eigenvalue weighted by Gasteiger charge is 2.14. The molecule has 20 heavy (non-hydrogen) atoms. The van der Waals surface area contributed by atoms with Crippen LogP contribution in [0.3, 0.4) is 0 Å². The fraction of sp³-hybridized carbons (Fsp3) is 0.278. The highest BCUT2D eigenvalue weighted by Crippen LogP contribution is 2.21. The van der Waals surface area contributed by atoms with Crippen molar-refractivity contribution >= 4 is 5.97 Å². The first kappa shape index (κ1) is 14.3. The van der Waals surface area contributed by atoms with Crippen molar-refractivity contribution in [3.05, 3.63) is 71.8 Å². The number of benzene rings is 2. The summed E-state index contributed by atoms with van der Waals surface area (Å²) in [5, 5.41) is 0. The smallest absolute Gasteiger partial charge is 0.306 e. The van der Waals surface area contributed by atoms with Crippen molar-refractivity contribution in [3.8, 4) is 0 Å². The zero-order chi connectivity index (χ0) is 14.2. The maximum atomic E-state index is 11.9. The molecule has 0 aliphatic carbocycles. The van der Waals surface area contributed by atoms with Crippen molar-refractivity contribution in [1.82, 2.24) is 0 Å². The Balaban J connectivity index is 1.87. The maximum Gasteiger partial charge on any atom is 0.306 e. The number of hydrogen-bond donors (Lipinski definition) is 0. The van der Waals surface area contributed by atoms with Gasteiger partial charge in [0.1, 0.15) is 6.10 Å². The van der Waals surface area contributed by atoms with E-state index in [-0.39, 0.29) is 12.1 Å². The van der Waals surface area contributed by atoms with Gasteiger partial charge >= 0.3 is 5.97 Å². The third-order valence-corrected chi connectivity index (χ3v) is 3.28. The van der Waals surface area contributed by atoms with Crippen LogP contribution in [0.4, 0.5) is 0 Å². The topological polar surface area (TPSA) is 26.3 Å². The Hall–Kier alpha value is -2.09. The zero-order valence-corrected chi connectivity index (χ0v) is 11.8. The van der Waals surface area contributed by atoms with Crippen LogP contribution in [0.2, 0.25) is 0 Å². The average molecular weight is 268 g/mol. The minimum atomic E-state index is -0.139. The molecule has 1 atom stereocenters. The van der Waals surface area contributed by atoms with E-state index in [0.717, 1.165) is 24.0 Å². The van der Waals surface area contributed by atoms with Gasteiger partial charge in [-0.25, -0.2) is 0 Å². The number of rotatable bonds is 6. The van der Waals surface area contributed by atoms with E-state index in [1.807, 2.05) is 67.6 Å². The van der Waals surface area contributed by atoms with Gasteiger partial charge in [0.05, 0.1) is 0 Å². The van der Waals surface area contributed by atoms with Gasteiger partial charge in [-0.1, -0.05) is 67.6 Å². The second-order valence-corrected chi connectivity index (χ2v) is 4.78. The summed E-state index contributed by atoms with van der Waals surface area (Å²) >= 11 is 0. The molecule has 2 aromatic carbocycles. The van der Waals surface area contributed by atoms with Crippen molar-refractivity contribution < 1.29 is 9.53 Å². The van der Waals surface area contributed by atoms with E-state index < -0.39 is 0 Å². The summed E-state index contributed by atoms with van der Waals surface area (Å²) < 4.78 is 5.57. The fourth-order valence-corrected chi connectivity index (χ4v) is 2.16. The Labute approximate surface area is 120 Å². The van der Waals surface area contributed by atoms with Gasteiger partial charge in [0.2, 0.25) is 0 Å². The molecule has 0 aromatic heterocycles. The zero-order valence-electron chi connectivity index (χ0n) is 11.8. The lowest BCUT2D eigenvalue weighted by Crippen LogP contribution is -2.11. The number of ether oxygens (including phenoxy) is 1. The van der Waals surface area contributed by atoms with Gasteiger partial charge < -0.3 is 4.74 Å². The van der Waals surface area contributed by atoms with Crippen LogP contribution in [0.15, 0.2) is 60.7 Å². The van der Waals surface area contributed by atoms with E-state index in [0.29, 0.717) is 6.42 Å². The molecular formula is C18H20O2. The normalized spacial score (nSPS) is 11.8. The summed E-state index contributed by atoms with van der Waals surface area (Å²) in [6, 6.07) is 19.9. The first-order valence-electron chi connectivity index (χ1n) is 7.08. The molecule has 0 aliphatic heterocycles. The molecule has 0 aliphatic rings. The van der Waals surface area contributed by atoms with Crippen LogP contribution >= 0.6 is 0 Å². The predicted octanol–water partition coefficient (Wildman–Crippen LogP) is 4.31. The van der Waals surface area contributed by atoms with Crippen LogP contribution in [0, 0.1) is 0 Å². The molecule has 0 heterocycles. The van der Waals surface area contributed by atoms with E-state index in [4.69, 9.17) is 4.74 Å². The van der Waals surface area contributed by atoms with Crippen LogP contribution in [0.1, 0.15) is 37.0 Å². The SMILES string of the molecule is CC[C@H](OC(=O)CCc1ccccc1)c1ccccc1. The molecule has 104 valence electrons. The van der Waals surface area contributed by atoms with E-state index in [1.165, 1.54) is 0 Å². The number of hydrogen-bond acceptors (Lipinski definition) is 2. The molecule has 0 bridgehead atoms. The van der Waals surface area contributed by atoms with Crippen LogP contribution in [0.5, 0.6) is 0 Å². The summed E-state index contributed by atoms with van der Waals surface area (Å²) in [4.78, 5) is 11.9. The second kappa shape index (κ2) is 7.49. The summed E-state index contributed by atoms with van der Waals surface area (Å²) in [7, 11) is 0. The first-order chi connectivity index (χ1) is 9.79. The van der Waals surface area contributed by atoms with Crippen molar-refractivity contribution in [2.45, 2.75) is 32.3 Å². The Kier molecular flexibility index (Phi) is 5.36. The summed E-state index contributed by atoms with van der Waals surface area (Å²) in [5.74, 6) is -0.135. The molecule has 2 heteroatoms. The molecule has 0 radical (unpaired) electrons. The first-order valence-corrected chi connectivity index (χ1v) is 7.08. The quantitative estimate of drug-likeness (QED) is 0.729. The van der Waals surface area contributed by atoms with E-state index >= 15 is 0 Å². The van der Waals surface area contributed by atoms with Crippen molar-refractivity contribution in [2.75, 3.05) is 0 Å². The maximum absolute atomic E-state index is 11.9. The van der Waals surface area contributed by atoms with Gasteiger partial charge in [0.15, 0.2) is 0 Å². The Morgan fingerprint density at radius 2 is 1.60 bits per heavy atom. The lowest BCUT2D eigenvalue weighted by Gasteiger charge is -2.16. The lowest BCUT2D eigenvalue weighted by atomic mass is 10.1. The van der Waals surface area contributed by atoms with Gasteiger partial charge in [-0.05, 0) is 24.0 Å². The fourth-order valence-electron chi connectivity index (χ4n) is 2.16. The van der Waals surface area contributed by atoms with Crippen LogP contribution < -0.4 is 0 Å². The molecular weight excluding hydrogens is 248 g/mol. The van der Waals surface area contributed by atoms with E-state index in [1.54, 1.807) is 0 Å². The molecule has 0 fully saturated rings. The van der Waals surface area contributed by atoms with E-state index in [2.05, 4.69) is 0 Å². The largest absolute Gasteiger partial charge is 0.457 e. The Bertz CT molecular complexity index is 520. The second-order valence-electron chi connectivity index (χ2n) is 4.78. The van der Waals surface area contributed by atoms with Crippen LogP contribution in [0.25, 0.3) is 0 Å². The van der Waals surface area contributed by atoms with Gasteiger partial charge in [0.25, 0.3) is 0 Å². The Morgan fingerprint density at radius 1 is 1.00 bits per heavy atom. The minimum absolute atomic E-state index is 0.135. The summed E-state index contributed by atoms with van der Waals surface area (Å²) in [6.07, 6.45) is 1.80. The van der Waals surface area contributed by atoms with Crippen LogP contribution in [-0.4, -0.2) is 5.97 Å². The van der Waals surface area contributed by atoms with Gasteiger partial charge in [-0.3, -0.25) is 4.79 Å². The number of carbonyl (C=O) groups is 1. The molecule has 0 spiro atoms. The molecule has 0 N–H and O–H groups in total. The molecule has 2 rings (SSSR count). The lowest BCUT2D eigenvalue weighted by molar-refractivity contribution is -0.149. The predicted molar refractivity (Wildman–Crippen MR) is 80.3 cm³/mol. The van der Waals surface area contributed by atoms with Gasteiger partial charge in [-0.2, -0.15) is 0 Å². The molecule has 0 saturated heterocycles. The number of aryl methyl sites for hydroxylation is 1. The monoisotopic (exact) mass is 268 g/mol. The number of esters is 1. The highest BCUT2D eigenvalue weighted by molar-refractivity contribution is 5.70. The Morgan fingerprint density at radius 3 is 2.20 bits per heavy atom. The van der Waals surface area contributed by atoms with Crippen molar-refractivity contribution in [3.63, 3.8) is 0 Å². The van der Waals surface area contributed by atoms with E-state index in [9.17, 15) is 4.79 Å². The summed E-state index contributed by atoms with van der Waals surface area (Å²) in [5.41, 5.74) is 2.22.